The quantitative estimate of drug-likeness (QED) is 0.133. The third-order valence-electron chi connectivity index (χ3n) is 5.65. The second-order valence-corrected chi connectivity index (χ2v) is 25.1. The monoisotopic (exact) mass is 798 g/mol. The van der Waals surface area contributed by atoms with Crippen LogP contribution >= 0.6 is 53.4 Å². The molecule has 1 amide bonds. The van der Waals surface area contributed by atoms with Crippen LogP contribution in [0.25, 0.3) is 0 Å². The first-order chi connectivity index (χ1) is 18.0. The van der Waals surface area contributed by atoms with Crippen molar-refractivity contribution >= 4 is 74.8 Å². The number of benzene rings is 3. The molecule has 0 bridgehead atoms. The van der Waals surface area contributed by atoms with Gasteiger partial charge in [-0.1, -0.05) is 0 Å². The molecule has 0 saturated heterocycles. The van der Waals surface area contributed by atoms with Gasteiger partial charge in [-0.2, -0.15) is 0 Å². The summed E-state index contributed by atoms with van der Waals surface area (Å²) < 4.78 is 6.21. The zero-order valence-electron chi connectivity index (χ0n) is 20.6. The van der Waals surface area contributed by atoms with Gasteiger partial charge in [0, 0.05) is 0 Å². The number of hydrogen-bond acceptors (Lipinski definition) is 4. The summed E-state index contributed by atoms with van der Waals surface area (Å²) in [6.45, 7) is 7.71. The fourth-order valence-corrected chi connectivity index (χ4v) is 13.8. The van der Waals surface area contributed by atoms with Crippen LogP contribution in [0.3, 0.4) is 0 Å². The average Bonchev–Trinajstić information content (AvgIpc) is 2.87. The van der Waals surface area contributed by atoms with E-state index >= 15 is 0 Å². The molecule has 0 spiro atoms. The summed E-state index contributed by atoms with van der Waals surface area (Å²) >= 11 is 17.1. The van der Waals surface area contributed by atoms with Crippen molar-refractivity contribution in [2.45, 2.75) is 24.2 Å². The molecular formula is C28H25Cl3I2NO4-. The van der Waals surface area contributed by atoms with Gasteiger partial charge in [-0.15, -0.1) is 0 Å². The van der Waals surface area contributed by atoms with Crippen LogP contribution in [0.1, 0.15) is 38.8 Å². The Hall–Kier alpha value is -1.66. The van der Waals surface area contributed by atoms with Crippen LogP contribution in [0.15, 0.2) is 71.3 Å². The molecule has 2 atom stereocenters. The van der Waals surface area contributed by atoms with E-state index in [1.54, 1.807) is 65.6 Å². The van der Waals surface area contributed by atoms with Gasteiger partial charge in [0.25, 0.3) is 0 Å². The van der Waals surface area contributed by atoms with Gasteiger partial charge in [0.05, 0.1) is 0 Å². The molecule has 0 aliphatic heterocycles. The van der Waals surface area contributed by atoms with Crippen molar-refractivity contribution in [1.82, 2.24) is 0 Å². The maximum atomic E-state index is 13.9. The summed E-state index contributed by atoms with van der Waals surface area (Å²) in [5, 5.41) is 3.63. The van der Waals surface area contributed by atoms with E-state index in [0.29, 0.717) is 16.3 Å². The molecule has 5 nitrogen and oxygen atoms in total. The van der Waals surface area contributed by atoms with Gasteiger partial charge in [0.15, 0.2) is 0 Å². The first-order valence-electron chi connectivity index (χ1n) is 11.4. The Labute approximate surface area is 250 Å². The molecule has 0 aliphatic rings. The molecule has 10 heteroatoms. The standard InChI is InChI=1S/C28H25Cl3I2NO4/c1-4-33(32,26(35)24-17(3)8-6-9-20(24)29)23(28(37)38-5-2)16-18-12-14-19(15-13-18)34-27(36)25-21(30)10-7-11-22(25)31/h4,6-15,23H,1,5,16H2,2-3H3,(H,34,36)/q-1. The SMILES string of the molecule is C=C[I-](I)(C(=O)c1c(C)cccc1Cl)C(Cc1ccc(NC(=O)c2c(Cl)cccc2Cl)cc1)C(=O)OCC. The molecule has 0 saturated carbocycles. The first-order valence-corrected chi connectivity index (χ1v) is 22.4. The van der Waals surface area contributed by atoms with Crippen molar-refractivity contribution in [2.75, 3.05) is 11.9 Å². The number of anilines is 1. The topological polar surface area (TPSA) is 72.5 Å². The van der Waals surface area contributed by atoms with E-state index in [1.165, 1.54) is 0 Å². The van der Waals surface area contributed by atoms with Gasteiger partial charge in [-0.3, -0.25) is 0 Å². The van der Waals surface area contributed by atoms with Crippen LogP contribution in [0.5, 0.6) is 0 Å². The van der Waals surface area contributed by atoms with Gasteiger partial charge in [0.1, 0.15) is 0 Å². The third kappa shape index (κ3) is 6.91. The summed E-state index contributed by atoms with van der Waals surface area (Å²) in [7, 11) is 0. The van der Waals surface area contributed by atoms with Crippen molar-refractivity contribution in [1.29, 1.82) is 0 Å². The number of aryl methyl sites for hydroxylation is 1. The number of amides is 1. The Morgan fingerprint density at radius 3 is 2.05 bits per heavy atom. The van der Waals surface area contributed by atoms with Crippen molar-refractivity contribution in [2.24, 2.45) is 0 Å². The van der Waals surface area contributed by atoms with E-state index in [0.717, 1.165) is 11.1 Å². The molecule has 0 heterocycles. The number of halogens is 5. The molecule has 202 valence electrons. The van der Waals surface area contributed by atoms with E-state index in [1.807, 2.05) is 13.0 Å². The molecular weight excluding hydrogens is 774 g/mol. The minimum absolute atomic E-state index is 0.144. The number of rotatable bonds is 10. The molecule has 1 N–H and O–H groups in total. The van der Waals surface area contributed by atoms with Crippen LogP contribution in [-0.2, 0) is 16.0 Å². The number of carbonyl (C=O) groups excluding carboxylic acids is 3. The van der Waals surface area contributed by atoms with Gasteiger partial charge in [0.2, 0.25) is 0 Å². The summed E-state index contributed by atoms with van der Waals surface area (Å²) in [6.07, 6.45) is 0.268. The van der Waals surface area contributed by atoms with E-state index in [-0.39, 0.29) is 32.4 Å². The van der Waals surface area contributed by atoms with Crippen molar-refractivity contribution in [3.05, 3.63) is 109 Å². The fraction of sp³-hybridized carbons (Fsp3) is 0.179. The van der Waals surface area contributed by atoms with E-state index in [2.05, 4.69) is 30.5 Å². The third-order valence-corrected chi connectivity index (χ3v) is 21.6. The molecule has 0 aromatic heterocycles. The number of alkyl halides is 1. The second-order valence-electron chi connectivity index (χ2n) is 8.11. The minimum atomic E-state index is -3.76. The number of hydrogen-bond donors (Lipinski definition) is 1. The average molecular weight is 800 g/mol. The summed E-state index contributed by atoms with van der Waals surface area (Å²) in [5.74, 6) is -0.881. The van der Waals surface area contributed by atoms with Crippen LogP contribution < -0.4 is 19.8 Å². The summed E-state index contributed by atoms with van der Waals surface area (Å²) in [4.78, 5) is 39.8. The molecule has 3 aromatic rings. The van der Waals surface area contributed by atoms with Crippen molar-refractivity contribution < 1.29 is 33.6 Å². The Kier molecular flexibility index (Phi) is 11.1. The second kappa shape index (κ2) is 13.6. The molecule has 2 unspecified atom stereocenters. The summed E-state index contributed by atoms with van der Waals surface area (Å²) in [5.41, 5.74) is 2.67. The van der Waals surface area contributed by atoms with Gasteiger partial charge < -0.3 is 0 Å². The Morgan fingerprint density at radius 1 is 0.974 bits per heavy atom. The molecule has 38 heavy (non-hydrogen) atoms. The Bertz CT molecular complexity index is 1340. The number of nitrogens with one attached hydrogen (secondary N) is 1. The van der Waals surface area contributed by atoms with E-state index in [9.17, 15) is 14.4 Å². The van der Waals surface area contributed by atoms with Crippen LogP contribution in [-0.4, -0.2) is 26.2 Å². The summed E-state index contributed by atoms with van der Waals surface area (Å²) in [6, 6.07) is 17.1. The zero-order valence-corrected chi connectivity index (χ0v) is 27.2. The predicted molar refractivity (Wildman–Crippen MR) is 160 cm³/mol. The fourth-order valence-electron chi connectivity index (χ4n) is 3.72. The van der Waals surface area contributed by atoms with Crippen molar-refractivity contribution in [3.8, 4) is 0 Å². The van der Waals surface area contributed by atoms with Crippen LogP contribution in [0.4, 0.5) is 5.69 Å². The molecule has 3 rings (SSSR count). The zero-order chi connectivity index (χ0) is 28.0. The van der Waals surface area contributed by atoms with E-state index in [4.69, 9.17) is 39.5 Å². The number of carbonyl (C=O) groups is 3. The van der Waals surface area contributed by atoms with Crippen LogP contribution in [0.2, 0.25) is 15.1 Å². The Balaban J connectivity index is 1.90. The maximum absolute atomic E-state index is 13.9. The molecule has 3 aromatic carbocycles. The molecule has 0 radical (unpaired) electrons. The predicted octanol–water partition coefficient (Wildman–Crippen LogP) is 5.18. The Morgan fingerprint density at radius 2 is 1.53 bits per heavy atom. The number of esters is 1. The number of ether oxygens (including phenoxy) is 1. The van der Waals surface area contributed by atoms with Crippen molar-refractivity contribution in [3.63, 3.8) is 0 Å². The van der Waals surface area contributed by atoms with Gasteiger partial charge in [-0.25, -0.2) is 0 Å². The van der Waals surface area contributed by atoms with Gasteiger partial charge >= 0.3 is 253 Å². The normalized spacial score (nSPS) is 14.1. The molecule has 0 aliphatic carbocycles. The molecule has 0 fully saturated rings. The van der Waals surface area contributed by atoms with Gasteiger partial charge in [-0.05, 0) is 0 Å². The van der Waals surface area contributed by atoms with Crippen LogP contribution in [0, 0.1) is 6.92 Å². The first kappa shape index (κ1) is 30.9. The van der Waals surface area contributed by atoms with E-state index < -0.39 is 30.3 Å².